The molecule has 0 spiro atoms. The molecule has 0 unspecified atom stereocenters. The molecule has 0 saturated carbocycles. The summed E-state index contributed by atoms with van der Waals surface area (Å²) in [5, 5.41) is 7.40. The maximum Gasteiger partial charge on any atom is 0.181 e. The molecular weight excluding hydrogens is 721 g/mol. The Morgan fingerprint density at radius 2 is 0.741 bits per heavy atom. The van der Waals surface area contributed by atoms with Crippen molar-refractivity contribution in [3.8, 4) is 0 Å². The summed E-state index contributed by atoms with van der Waals surface area (Å²) in [6.07, 6.45) is 0. The Hall–Kier alpha value is -7.40. The van der Waals surface area contributed by atoms with E-state index in [0.29, 0.717) is 0 Å². The van der Waals surface area contributed by atoms with Crippen molar-refractivity contribution in [2.24, 2.45) is 0 Å². The van der Waals surface area contributed by atoms with E-state index in [9.17, 15) is 0 Å². The van der Waals surface area contributed by atoms with Gasteiger partial charge in [0.05, 0.1) is 0 Å². The van der Waals surface area contributed by atoms with Gasteiger partial charge in [0, 0.05) is 51.0 Å². The topological polar surface area (TPSA) is 19.6 Å². The fraction of sp³-hybridized carbons (Fsp3) is 0. The van der Waals surface area contributed by atoms with Crippen molar-refractivity contribution in [3.63, 3.8) is 0 Å². The van der Waals surface area contributed by atoms with Crippen LogP contribution >= 0.6 is 0 Å². The monoisotopic (exact) mass is 760 g/mol. The lowest BCUT2D eigenvalue weighted by molar-refractivity contribution is 0.669. The van der Waals surface area contributed by atoms with Crippen molar-refractivity contribution in [2.75, 3.05) is 9.80 Å². The first-order valence-corrected chi connectivity index (χ1v) is 21.8. The van der Waals surface area contributed by atoms with Crippen LogP contribution in [0.2, 0.25) is 0 Å². The molecule has 0 atom stereocenters. The van der Waals surface area contributed by atoms with Gasteiger partial charge in [-0.25, -0.2) is 0 Å². The second kappa shape index (κ2) is 15.3. The second-order valence-corrected chi connectivity index (χ2v) is 18.3. The van der Waals surface area contributed by atoms with Gasteiger partial charge in [-0.2, -0.15) is 0 Å². The summed E-state index contributed by atoms with van der Waals surface area (Å²) < 4.78 is 6.51. The van der Waals surface area contributed by atoms with Crippen LogP contribution in [0.15, 0.2) is 247 Å². The van der Waals surface area contributed by atoms with E-state index in [2.05, 4.69) is 240 Å². The van der Waals surface area contributed by atoms with Gasteiger partial charge < -0.3 is 14.2 Å². The quantitative estimate of drug-likeness (QED) is 0.102. The molecule has 3 nitrogen and oxygen atoms in total. The predicted molar refractivity (Wildman–Crippen MR) is 247 cm³/mol. The SMILES string of the molecule is c1ccc(N(c2ccccc2)c2cccc([Si](c3ccccc3)(c3ccccc3)c3ccccc3N(c3ccccc3)c3ccc4c(c3)oc3ccccc34)c2)cc1. The van der Waals surface area contributed by atoms with Crippen LogP contribution in [-0.2, 0) is 0 Å². The third-order valence-corrected chi connectivity index (χ3v) is 16.0. The summed E-state index contributed by atoms with van der Waals surface area (Å²) >= 11 is 0. The number of para-hydroxylation sites is 5. The molecule has 4 heteroatoms. The summed E-state index contributed by atoms with van der Waals surface area (Å²) in [6, 6.07) is 87.7. The van der Waals surface area contributed by atoms with Gasteiger partial charge >= 0.3 is 0 Å². The van der Waals surface area contributed by atoms with Crippen molar-refractivity contribution in [1.29, 1.82) is 0 Å². The van der Waals surface area contributed by atoms with E-state index >= 15 is 0 Å². The van der Waals surface area contributed by atoms with Crippen molar-refractivity contribution >= 4 is 84.9 Å². The molecule has 276 valence electrons. The Morgan fingerprint density at radius 1 is 0.293 bits per heavy atom. The van der Waals surface area contributed by atoms with E-state index in [1.807, 2.05) is 12.1 Å². The molecule has 10 rings (SSSR count). The minimum Gasteiger partial charge on any atom is -0.456 e. The molecule has 0 aliphatic rings. The number of hydrogen-bond donors (Lipinski definition) is 0. The van der Waals surface area contributed by atoms with E-state index in [1.54, 1.807) is 0 Å². The van der Waals surface area contributed by atoms with E-state index in [-0.39, 0.29) is 0 Å². The highest BCUT2D eigenvalue weighted by Gasteiger charge is 2.44. The summed E-state index contributed by atoms with van der Waals surface area (Å²) in [7, 11) is -3.12. The Bertz CT molecular complexity index is 2870. The smallest absolute Gasteiger partial charge is 0.181 e. The molecule has 58 heavy (non-hydrogen) atoms. The van der Waals surface area contributed by atoms with Crippen LogP contribution in [0.3, 0.4) is 0 Å². The molecule has 0 aliphatic carbocycles. The highest BCUT2D eigenvalue weighted by atomic mass is 28.3. The van der Waals surface area contributed by atoms with Crippen LogP contribution in [0.5, 0.6) is 0 Å². The average Bonchev–Trinajstić information content (AvgIpc) is 3.67. The first-order chi connectivity index (χ1) is 28.8. The number of fused-ring (bicyclic) bond motifs is 3. The second-order valence-electron chi connectivity index (χ2n) is 14.5. The van der Waals surface area contributed by atoms with Gasteiger partial charge in [-0.3, -0.25) is 0 Å². The van der Waals surface area contributed by atoms with Crippen LogP contribution in [0, 0.1) is 0 Å². The van der Waals surface area contributed by atoms with Crippen LogP contribution in [-0.4, -0.2) is 8.07 Å². The Labute approximate surface area is 340 Å². The fourth-order valence-corrected chi connectivity index (χ4v) is 13.6. The lowest BCUT2D eigenvalue weighted by Gasteiger charge is -2.39. The minimum absolute atomic E-state index is 0.862. The Kier molecular flexibility index (Phi) is 9.22. The molecular formula is C54H40N2OSi. The number of benzene rings is 9. The molecule has 0 N–H and O–H groups in total. The lowest BCUT2D eigenvalue weighted by Crippen LogP contribution is -2.75. The van der Waals surface area contributed by atoms with Gasteiger partial charge in [-0.15, -0.1) is 0 Å². The van der Waals surface area contributed by atoms with Crippen LogP contribution in [0.1, 0.15) is 0 Å². The molecule has 1 heterocycles. The molecule has 0 fully saturated rings. The van der Waals surface area contributed by atoms with Crippen LogP contribution < -0.4 is 30.5 Å². The number of hydrogen-bond acceptors (Lipinski definition) is 3. The highest BCUT2D eigenvalue weighted by Crippen LogP contribution is 2.39. The zero-order valence-corrected chi connectivity index (χ0v) is 32.9. The average molecular weight is 761 g/mol. The van der Waals surface area contributed by atoms with E-state index < -0.39 is 8.07 Å². The third kappa shape index (κ3) is 6.17. The van der Waals surface area contributed by atoms with Gasteiger partial charge in [-0.1, -0.05) is 164 Å². The third-order valence-electron chi connectivity index (χ3n) is 11.2. The summed E-state index contributed by atoms with van der Waals surface area (Å²) in [5.74, 6) is 0. The zero-order valence-electron chi connectivity index (χ0n) is 31.9. The van der Waals surface area contributed by atoms with Crippen molar-refractivity contribution in [2.45, 2.75) is 0 Å². The maximum absolute atomic E-state index is 6.51. The normalized spacial score (nSPS) is 11.4. The number of nitrogens with zero attached hydrogens (tertiary/aromatic N) is 2. The highest BCUT2D eigenvalue weighted by molar-refractivity contribution is 7.20. The first kappa shape index (κ1) is 35.0. The Morgan fingerprint density at radius 3 is 1.36 bits per heavy atom. The molecule has 0 bridgehead atoms. The van der Waals surface area contributed by atoms with E-state index in [1.165, 1.54) is 20.7 Å². The number of furan rings is 1. The van der Waals surface area contributed by atoms with Gasteiger partial charge in [0.1, 0.15) is 11.2 Å². The number of rotatable bonds is 10. The fourth-order valence-electron chi connectivity index (χ4n) is 8.67. The molecule has 0 amide bonds. The zero-order chi connectivity index (χ0) is 38.7. The molecule has 1 aromatic heterocycles. The molecule has 0 saturated heterocycles. The van der Waals surface area contributed by atoms with Crippen molar-refractivity contribution in [3.05, 3.63) is 243 Å². The molecule has 10 aromatic rings. The van der Waals surface area contributed by atoms with Gasteiger partial charge in [0.15, 0.2) is 8.07 Å². The predicted octanol–water partition coefficient (Wildman–Crippen LogP) is 11.9. The standard InChI is InChI=1S/C54H40N2OSi/c1-6-21-41(22-7-1)55(42-23-8-2-9-24-42)44-27-20-32-48(39-44)58(46-28-12-4-13-29-46,47-30-14-5-15-31-47)54-36-19-17-34-51(54)56(43-25-10-3-11-26-43)45-37-38-50-49-33-16-18-35-52(49)57-53(50)40-45/h1-40H. The van der Waals surface area contributed by atoms with Crippen molar-refractivity contribution < 1.29 is 4.42 Å². The van der Waals surface area contributed by atoms with Crippen LogP contribution in [0.4, 0.5) is 34.1 Å². The van der Waals surface area contributed by atoms with Gasteiger partial charge in [0.25, 0.3) is 0 Å². The Balaban J connectivity index is 1.27. The number of anilines is 6. The summed E-state index contributed by atoms with van der Waals surface area (Å²) in [5.41, 5.74) is 8.29. The minimum atomic E-state index is -3.12. The van der Waals surface area contributed by atoms with E-state index in [4.69, 9.17) is 4.42 Å². The summed E-state index contributed by atoms with van der Waals surface area (Å²) in [4.78, 5) is 4.78. The maximum atomic E-state index is 6.51. The van der Waals surface area contributed by atoms with Crippen LogP contribution in [0.25, 0.3) is 21.9 Å². The van der Waals surface area contributed by atoms with Gasteiger partial charge in [0.2, 0.25) is 0 Å². The van der Waals surface area contributed by atoms with Crippen molar-refractivity contribution in [1.82, 2.24) is 0 Å². The van der Waals surface area contributed by atoms with E-state index in [0.717, 1.165) is 56.1 Å². The first-order valence-electron chi connectivity index (χ1n) is 19.8. The lowest BCUT2D eigenvalue weighted by atomic mass is 10.1. The largest absolute Gasteiger partial charge is 0.456 e. The molecule has 0 radical (unpaired) electrons. The molecule has 9 aromatic carbocycles. The summed E-state index contributed by atoms with van der Waals surface area (Å²) in [6.45, 7) is 0. The van der Waals surface area contributed by atoms with Gasteiger partial charge in [-0.05, 0) is 93.5 Å². The molecule has 0 aliphatic heterocycles.